The summed E-state index contributed by atoms with van der Waals surface area (Å²) in [5, 5.41) is 11.1. The van der Waals surface area contributed by atoms with Crippen LogP contribution in [0.2, 0.25) is 0 Å². The monoisotopic (exact) mass is 397 g/mol. The minimum atomic E-state index is -0.213. The number of ether oxygens (including phenoxy) is 1. The van der Waals surface area contributed by atoms with Crippen molar-refractivity contribution in [3.63, 3.8) is 0 Å². The van der Waals surface area contributed by atoms with Crippen molar-refractivity contribution in [2.45, 2.75) is 36.8 Å². The Labute approximate surface area is 168 Å². The van der Waals surface area contributed by atoms with Gasteiger partial charge in [-0.25, -0.2) is 0 Å². The molecule has 0 fully saturated rings. The zero-order valence-corrected chi connectivity index (χ0v) is 17.0. The zero-order chi connectivity index (χ0) is 19.9. The fraction of sp³-hybridized carbons (Fsp3) is 0.286. The highest BCUT2D eigenvalue weighted by molar-refractivity contribution is 7.99. The van der Waals surface area contributed by atoms with Crippen LogP contribution in [0.15, 0.2) is 57.8 Å². The molecule has 7 heteroatoms. The van der Waals surface area contributed by atoms with Gasteiger partial charge in [0.2, 0.25) is 11.8 Å². The van der Waals surface area contributed by atoms with E-state index in [0.717, 1.165) is 16.9 Å². The number of methoxy groups -OCH3 is 1. The van der Waals surface area contributed by atoms with Crippen LogP contribution < -0.4 is 10.1 Å². The summed E-state index contributed by atoms with van der Waals surface area (Å²) in [5.74, 6) is 1.00. The highest BCUT2D eigenvalue weighted by Gasteiger charge is 2.11. The molecule has 1 heterocycles. The van der Waals surface area contributed by atoms with Gasteiger partial charge in [0.25, 0.3) is 0 Å². The molecule has 0 saturated carbocycles. The molecule has 0 bridgehead atoms. The van der Waals surface area contributed by atoms with Crippen LogP contribution in [0.1, 0.15) is 30.9 Å². The fourth-order valence-corrected chi connectivity index (χ4v) is 3.44. The molecule has 0 aliphatic heterocycles. The molecule has 0 radical (unpaired) electrons. The number of rotatable bonds is 8. The molecule has 0 aliphatic rings. The summed E-state index contributed by atoms with van der Waals surface area (Å²) in [6, 6.07) is 15.7. The van der Waals surface area contributed by atoms with E-state index in [1.54, 1.807) is 7.11 Å². The molecule has 1 aromatic heterocycles. The average Bonchev–Trinajstić information content (AvgIpc) is 3.10. The molecule has 2 aromatic carbocycles. The number of anilines is 1. The second-order valence-electron chi connectivity index (χ2n) is 6.56. The predicted molar refractivity (Wildman–Crippen MR) is 110 cm³/mol. The third kappa shape index (κ3) is 5.85. The molecule has 0 saturated heterocycles. The fourth-order valence-electron chi connectivity index (χ4n) is 2.60. The van der Waals surface area contributed by atoms with Gasteiger partial charge in [-0.3, -0.25) is 10.1 Å². The molecular weight excluding hydrogens is 374 g/mol. The van der Waals surface area contributed by atoms with Crippen LogP contribution in [0, 0.1) is 0 Å². The molecular formula is C21H23N3O3S. The molecule has 0 atom stereocenters. The lowest BCUT2D eigenvalue weighted by atomic mass is 10.1. The van der Waals surface area contributed by atoms with Crippen LogP contribution in [-0.4, -0.2) is 28.5 Å². The maximum atomic E-state index is 12.2. The Balaban J connectivity index is 1.53. The Morgan fingerprint density at radius 3 is 2.39 bits per heavy atom. The molecule has 1 amide bonds. The lowest BCUT2D eigenvalue weighted by molar-refractivity contribution is -0.115. The standard InChI is InChI=1S/C21H23N3O3S/c1-14(2)28-18-10-6-16(7-11-18)13-20-23-24-21(27-20)22-19(25)12-15-4-8-17(26-3)9-5-15/h4-11,14H,12-13H2,1-3H3,(H,22,24,25). The number of thioether (sulfide) groups is 1. The van der Waals surface area contributed by atoms with Gasteiger partial charge in [-0.15, -0.1) is 16.9 Å². The van der Waals surface area contributed by atoms with Gasteiger partial charge < -0.3 is 9.15 Å². The number of hydrogen-bond donors (Lipinski definition) is 1. The minimum Gasteiger partial charge on any atom is -0.497 e. The van der Waals surface area contributed by atoms with E-state index in [1.165, 1.54) is 4.90 Å². The number of benzene rings is 2. The van der Waals surface area contributed by atoms with Gasteiger partial charge in [-0.1, -0.05) is 43.2 Å². The molecule has 0 unspecified atom stereocenters. The Morgan fingerprint density at radius 2 is 1.75 bits per heavy atom. The third-order valence-electron chi connectivity index (χ3n) is 3.89. The molecule has 0 aliphatic carbocycles. The maximum Gasteiger partial charge on any atom is 0.322 e. The third-order valence-corrected chi connectivity index (χ3v) is 4.90. The van der Waals surface area contributed by atoms with Crippen molar-refractivity contribution in [2.24, 2.45) is 0 Å². The van der Waals surface area contributed by atoms with Gasteiger partial charge in [0, 0.05) is 10.1 Å². The zero-order valence-electron chi connectivity index (χ0n) is 16.1. The predicted octanol–water partition coefficient (Wildman–Crippen LogP) is 4.35. The van der Waals surface area contributed by atoms with Gasteiger partial charge in [0.05, 0.1) is 20.0 Å². The summed E-state index contributed by atoms with van der Waals surface area (Å²) in [6.45, 7) is 4.34. The van der Waals surface area contributed by atoms with E-state index in [4.69, 9.17) is 9.15 Å². The number of nitrogens with one attached hydrogen (secondary N) is 1. The average molecular weight is 398 g/mol. The van der Waals surface area contributed by atoms with Gasteiger partial charge in [0.15, 0.2) is 0 Å². The molecule has 0 spiro atoms. The van der Waals surface area contributed by atoms with Crippen molar-refractivity contribution < 1.29 is 13.9 Å². The van der Waals surface area contributed by atoms with E-state index in [9.17, 15) is 4.79 Å². The van der Waals surface area contributed by atoms with Crippen LogP contribution in [0.5, 0.6) is 5.75 Å². The summed E-state index contributed by atoms with van der Waals surface area (Å²) in [4.78, 5) is 13.4. The van der Waals surface area contributed by atoms with Crippen molar-refractivity contribution in [1.29, 1.82) is 0 Å². The lowest BCUT2D eigenvalue weighted by Gasteiger charge is -2.05. The lowest BCUT2D eigenvalue weighted by Crippen LogP contribution is -2.14. The summed E-state index contributed by atoms with van der Waals surface area (Å²) in [6.07, 6.45) is 0.741. The maximum absolute atomic E-state index is 12.2. The molecule has 146 valence electrons. The van der Waals surface area contributed by atoms with Crippen LogP contribution in [0.4, 0.5) is 6.01 Å². The van der Waals surface area contributed by atoms with E-state index in [2.05, 4.69) is 53.6 Å². The Bertz CT molecular complexity index is 905. The highest BCUT2D eigenvalue weighted by Crippen LogP contribution is 2.23. The SMILES string of the molecule is COc1ccc(CC(=O)Nc2nnc(Cc3ccc(SC(C)C)cc3)o2)cc1. The quantitative estimate of drug-likeness (QED) is 0.570. The number of aromatic nitrogens is 2. The Morgan fingerprint density at radius 1 is 1.07 bits per heavy atom. The summed E-state index contributed by atoms with van der Waals surface area (Å²) in [7, 11) is 1.61. The highest BCUT2D eigenvalue weighted by atomic mass is 32.2. The van der Waals surface area contributed by atoms with Crippen molar-refractivity contribution in [3.05, 3.63) is 65.5 Å². The summed E-state index contributed by atoms with van der Waals surface area (Å²) in [5.41, 5.74) is 1.95. The smallest absolute Gasteiger partial charge is 0.322 e. The van der Waals surface area contributed by atoms with Gasteiger partial charge >= 0.3 is 6.01 Å². The van der Waals surface area contributed by atoms with Gasteiger partial charge in [0.1, 0.15) is 5.75 Å². The van der Waals surface area contributed by atoms with Gasteiger partial charge in [-0.2, -0.15) is 0 Å². The first-order chi connectivity index (χ1) is 13.5. The number of carbonyl (C=O) groups excluding carboxylic acids is 1. The molecule has 3 rings (SSSR count). The molecule has 3 aromatic rings. The second kappa shape index (κ2) is 9.41. The van der Waals surface area contributed by atoms with Crippen LogP contribution in [0.3, 0.4) is 0 Å². The molecule has 1 N–H and O–H groups in total. The van der Waals surface area contributed by atoms with Crippen molar-refractivity contribution >= 4 is 23.7 Å². The first kappa shape index (κ1) is 19.9. The molecule has 6 nitrogen and oxygen atoms in total. The van der Waals surface area contributed by atoms with Crippen molar-refractivity contribution in [1.82, 2.24) is 10.2 Å². The number of hydrogen-bond acceptors (Lipinski definition) is 6. The second-order valence-corrected chi connectivity index (χ2v) is 8.21. The first-order valence-electron chi connectivity index (χ1n) is 9.02. The van der Waals surface area contributed by atoms with E-state index in [0.29, 0.717) is 17.6 Å². The normalized spacial score (nSPS) is 10.9. The minimum absolute atomic E-state index is 0.112. The van der Waals surface area contributed by atoms with Crippen LogP contribution >= 0.6 is 11.8 Å². The Kier molecular flexibility index (Phi) is 6.71. The largest absolute Gasteiger partial charge is 0.497 e. The first-order valence-corrected chi connectivity index (χ1v) is 9.90. The van der Waals surface area contributed by atoms with Crippen LogP contribution in [0.25, 0.3) is 0 Å². The summed E-state index contributed by atoms with van der Waals surface area (Å²) < 4.78 is 10.7. The summed E-state index contributed by atoms with van der Waals surface area (Å²) >= 11 is 1.82. The topological polar surface area (TPSA) is 77.2 Å². The van der Waals surface area contributed by atoms with E-state index in [1.807, 2.05) is 36.0 Å². The van der Waals surface area contributed by atoms with Crippen molar-refractivity contribution in [2.75, 3.05) is 12.4 Å². The number of nitrogens with zero attached hydrogens (tertiary/aromatic N) is 2. The number of carbonyl (C=O) groups is 1. The van der Waals surface area contributed by atoms with Crippen molar-refractivity contribution in [3.8, 4) is 5.75 Å². The number of amides is 1. The van der Waals surface area contributed by atoms with Gasteiger partial charge in [-0.05, 0) is 35.4 Å². The van der Waals surface area contributed by atoms with Crippen LogP contribution in [-0.2, 0) is 17.6 Å². The Hall–Kier alpha value is -2.80. The van der Waals surface area contributed by atoms with E-state index in [-0.39, 0.29) is 18.3 Å². The van der Waals surface area contributed by atoms with E-state index >= 15 is 0 Å². The van der Waals surface area contributed by atoms with E-state index < -0.39 is 0 Å². The molecule has 28 heavy (non-hydrogen) atoms.